The van der Waals surface area contributed by atoms with E-state index in [1.54, 1.807) is 0 Å². The number of terminal acetylenes is 1. The summed E-state index contributed by atoms with van der Waals surface area (Å²) in [5.41, 5.74) is 1.98. The highest BCUT2D eigenvalue weighted by atomic mass is 14.8. The zero-order chi connectivity index (χ0) is 8.97. The zero-order valence-corrected chi connectivity index (χ0v) is 6.54. The van der Waals surface area contributed by atoms with Gasteiger partial charge in [-0.15, -0.1) is 6.42 Å². The average molecular weight is 146 g/mol. The lowest BCUT2D eigenvalue weighted by molar-refractivity contribution is 1.36. The van der Waals surface area contributed by atoms with Crippen LogP contribution in [0, 0.1) is 19.3 Å². The second kappa shape index (κ2) is 3.68. The predicted octanol–water partition coefficient (Wildman–Crippen LogP) is 2.04. The van der Waals surface area contributed by atoms with E-state index in [-0.39, 0.29) is 0 Å². The summed E-state index contributed by atoms with van der Waals surface area (Å²) >= 11 is 0. The Morgan fingerprint density at radius 1 is 1.73 bits per heavy atom. The molecule has 0 amide bonds. The van der Waals surface area contributed by atoms with E-state index in [0.717, 1.165) is 11.3 Å². The van der Waals surface area contributed by atoms with Crippen LogP contribution in [0.25, 0.3) is 0 Å². The third kappa shape index (κ3) is 2.35. The molecule has 1 N–H and O–H groups in total. The summed E-state index contributed by atoms with van der Waals surface area (Å²) in [5, 5.41) is 1.30. The van der Waals surface area contributed by atoms with Crippen molar-refractivity contribution in [3.63, 3.8) is 0 Å². The molecule has 0 radical (unpaired) electrons. The topological polar surface area (TPSA) is 12.0 Å². The van der Waals surface area contributed by atoms with Gasteiger partial charge in [0.2, 0.25) is 0 Å². The van der Waals surface area contributed by atoms with Gasteiger partial charge in [0, 0.05) is 5.69 Å². The number of hydrogen-bond acceptors (Lipinski definition) is 1. The monoisotopic (exact) mass is 146 g/mol. The van der Waals surface area contributed by atoms with Crippen molar-refractivity contribution in [2.24, 2.45) is 0 Å². The van der Waals surface area contributed by atoms with Gasteiger partial charge in [-0.25, -0.2) is 0 Å². The van der Waals surface area contributed by atoms with E-state index in [9.17, 15) is 0 Å². The summed E-state index contributed by atoms with van der Waals surface area (Å²) in [6.45, 7) is 2.32. The zero-order valence-electron chi connectivity index (χ0n) is 7.54. The molecular formula is C10H11N. The van der Waals surface area contributed by atoms with Crippen LogP contribution in [0.4, 0.5) is 5.69 Å². The van der Waals surface area contributed by atoms with Crippen molar-refractivity contribution in [2.75, 3.05) is 11.9 Å². The number of benzene rings is 1. The SMILES string of the molecule is [2H]N(CC#C)c1cccc(C)c1. The fourth-order valence-corrected chi connectivity index (χ4v) is 0.863. The van der Waals surface area contributed by atoms with Crippen LogP contribution in [0.15, 0.2) is 24.3 Å². The average Bonchev–Trinajstić information content (AvgIpc) is 2.05. The molecule has 0 aromatic heterocycles. The van der Waals surface area contributed by atoms with E-state index in [4.69, 9.17) is 7.84 Å². The van der Waals surface area contributed by atoms with Crippen LogP contribution >= 0.6 is 0 Å². The molecule has 0 saturated heterocycles. The largest absolute Gasteiger partial charge is 0.374 e. The second-order valence-corrected chi connectivity index (χ2v) is 2.36. The normalized spacial score (nSPS) is 10.0. The van der Waals surface area contributed by atoms with Crippen LogP contribution in [-0.4, -0.2) is 6.54 Å². The quantitative estimate of drug-likeness (QED) is 0.629. The van der Waals surface area contributed by atoms with Gasteiger partial charge >= 0.3 is 0 Å². The lowest BCUT2D eigenvalue weighted by Gasteiger charge is -2.01. The van der Waals surface area contributed by atoms with E-state index in [0.29, 0.717) is 6.54 Å². The summed E-state index contributed by atoms with van der Waals surface area (Å²) in [6, 6.07) is 7.72. The van der Waals surface area contributed by atoms with Gasteiger partial charge in [-0.3, -0.25) is 0 Å². The van der Waals surface area contributed by atoms with Gasteiger partial charge in [0.05, 0.1) is 6.54 Å². The fourth-order valence-electron chi connectivity index (χ4n) is 0.863. The van der Waals surface area contributed by atoms with Crippen LogP contribution < -0.4 is 5.31 Å². The molecule has 1 rings (SSSR count). The summed E-state index contributed by atoms with van der Waals surface area (Å²) in [5.74, 6) is 2.42. The predicted molar refractivity (Wildman–Crippen MR) is 48.5 cm³/mol. The van der Waals surface area contributed by atoms with E-state index in [2.05, 4.69) is 5.92 Å². The maximum atomic E-state index is 7.50. The minimum absolute atomic E-state index is 0.323. The van der Waals surface area contributed by atoms with Gasteiger partial charge in [0.25, 0.3) is 0 Å². The van der Waals surface area contributed by atoms with Gasteiger partial charge in [0.1, 0.15) is 0 Å². The lowest BCUT2D eigenvalue weighted by atomic mass is 10.2. The first kappa shape index (κ1) is 6.30. The highest BCUT2D eigenvalue weighted by Gasteiger charge is 1.87. The minimum Gasteiger partial charge on any atom is -0.374 e. The standard InChI is InChI=1S/C10H11N/c1-3-7-11-10-6-4-5-9(2)8-10/h1,4-6,8,11H,7H2,2H3/i/hD. The summed E-state index contributed by atoms with van der Waals surface area (Å²) in [6.07, 6.45) is 5.09. The van der Waals surface area contributed by atoms with Crippen molar-refractivity contribution < 1.29 is 1.41 Å². The molecule has 0 unspecified atom stereocenters. The van der Waals surface area contributed by atoms with Gasteiger partial charge in [-0.05, 0) is 24.6 Å². The summed E-state index contributed by atoms with van der Waals surface area (Å²) in [4.78, 5) is 0. The van der Waals surface area contributed by atoms with Gasteiger partial charge in [0.15, 0.2) is 1.41 Å². The smallest absolute Gasteiger partial charge is 0.161 e. The summed E-state index contributed by atoms with van der Waals surface area (Å²) in [7, 11) is 0. The number of nitrogens with one attached hydrogen (secondary N) is 1. The minimum atomic E-state index is 0.323. The van der Waals surface area contributed by atoms with Crippen LogP contribution in [0.3, 0.4) is 0 Å². The van der Waals surface area contributed by atoms with E-state index < -0.39 is 0 Å². The molecule has 0 fully saturated rings. The molecule has 0 bridgehead atoms. The molecule has 0 aliphatic carbocycles. The maximum absolute atomic E-state index is 7.50. The Bertz CT molecular complexity index is 301. The van der Waals surface area contributed by atoms with E-state index >= 15 is 0 Å². The van der Waals surface area contributed by atoms with Crippen LogP contribution in [0.1, 0.15) is 5.56 Å². The third-order valence-electron chi connectivity index (χ3n) is 1.35. The molecule has 1 aromatic rings. The van der Waals surface area contributed by atoms with Crippen LogP contribution in [0.5, 0.6) is 0 Å². The number of anilines is 1. The molecular weight excluding hydrogens is 134 g/mol. The maximum Gasteiger partial charge on any atom is 0.161 e. The molecule has 1 nitrogen and oxygen atoms in total. The van der Waals surface area contributed by atoms with Gasteiger partial charge in [-0.2, -0.15) is 0 Å². The Kier molecular flexibility index (Phi) is 2.11. The Morgan fingerprint density at radius 3 is 3.18 bits per heavy atom. The third-order valence-corrected chi connectivity index (χ3v) is 1.35. The van der Waals surface area contributed by atoms with Crippen molar-refractivity contribution in [3.05, 3.63) is 29.8 Å². The van der Waals surface area contributed by atoms with Crippen molar-refractivity contribution in [1.29, 1.82) is 0 Å². The van der Waals surface area contributed by atoms with Crippen molar-refractivity contribution in [2.45, 2.75) is 6.92 Å². The van der Waals surface area contributed by atoms with Crippen LogP contribution in [0.2, 0.25) is 1.41 Å². The first-order valence-electron chi connectivity index (χ1n) is 3.95. The van der Waals surface area contributed by atoms with Crippen LogP contribution in [-0.2, 0) is 0 Å². The summed E-state index contributed by atoms with van der Waals surface area (Å²) < 4.78 is 7.50. The first-order valence-corrected chi connectivity index (χ1v) is 3.50. The van der Waals surface area contributed by atoms with Gasteiger partial charge < -0.3 is 5.31 Å². The van der Waals surface area contributed by atoms with Crippen molar-refractivity contribution >= 4 is 5.69 Å². The molecule has 1 heteroatoms. The Labute approximate surface area is 68.9 Å². The van der Waals surface area contributed by atoms with Gasteiger partial charge in [-0.1, -0.05) is 18.1 Å². The molecule has 0 saturated carbocycles. The Balaban J connectivity index is 2.82. The number of rotatable bonds is 2. The number of aryl methyl sites for hydroxylation is 1. The molecule has 1 aromatic carbocycles. The lowest BCUT2D eigenvalue weighted by Crippen LogP contribution is -1.97. The second-order valence-electron chi connectivity index (χ2n) is 2.36. The van der Waals surface area contributed by atoms with Crippen molar-refractivity contribution in [1.82, 2.24) is 0 Å². The van der Waals surface area contributed by atoms with Crippen molar-refractivity contribution in [3.8, 4) is 12.3 Å². The fraction of sp³-hybridized carbons (Fsp3) is 0.200. The molecule has 0 heterocycles. The Morgan fingerprint density at radius 2 is 2.55 bits per heavy atom. The Hall–Kier alpha value is -1.42. The molecule has 0 spiro atoms. The first-order chi connectivity index (χ1) is 5.74. The molecule has 11 heavy (non-hydrogen) atoms. The van der Waals surface area contributed by atoms with E-state index in [1.807, 2.05) is 31.2 Å². The highest BCUT2D eigenvalue weighted by molar-refractivity contribution is 5.46. The molecule has 56 valence electrons. The molecule has 0 atom stereocenters. The highest BCUT2D eigenvalue weighted by Crippen LogP contribution is 2.08. The number of hydrogen-bond donors (Lipinski definition) is 1. The molecule has 0 aliphatic heterocycles. The van der Waals surface area contributed by atoms with E-state index in [1.165, 1.54) is 5.31 Å². The molecule has 0 aliphatic rings.